The van der Waals surface area contributed by atoms with E-state index >= 15 is 0 Å². The summed E-state index contributed by atoms with van der Waals surface area (Å²) >= 11 is 0. The van der Waals surface area contributed by atoms with Crippen molar-refractivity contribution in [1.82, 2.24) is 0 Å². The van der Waals surface area contributed by atoms with Crippen LogP contribution in [0.3, 0.4) is 0 Å². The van der Waals surface area contributed by atoms with E-state index in [1.165, 1.54) is 5.56 Å². The molecule has 0 bridgehead atoms. The molecule has 1 aromatic carbocycles. The van der Waals surface area contributed by atoms with Crippen LogP contribution in [0.15, 0.2) is 18.2 Å². The van der Waals surface area contributed by atoms with Crippen LogP contribution in [0.5, 0.6) is 11.5 Å². The molecule has 0 aromatic heterocycles. The van der Waals surface area contributed by atoms with Crippen LogP contribution in [0.25, 0.3) is 0 Å². The number of methoxy groups -OCH3 is 1. The summed E-state index contributed by atoms with van der Waals surface area (Å²) in [4.78, 5) is 0. The Morgan fingerprint density at radius 2 is 2.12 bits per heavy atom. The maximum atomic E-state index is 5.85. The van der Waals surface area contributed by atoms with Crippen molar-refractivity contribution >= 4 is 0 Å². The molecule has 0 atom stereocenters. The van der Waals surface area contributed by atoms with Crippen molar-refractivity contribution in [3.05, 3.63) is 23.8 Å². The molecule has 0 unspecified atom stereocenters. The van der Waals surface area contributed by atoms with Gasteiger partial charge >= 0.3 is 0 Å². The SMILES string of the molecule is CCOc1cccc(C2(CN)CC2)c1OC. The first-order chi connectivity index (χ1) is 7.77. The third-order valence-corrected chi connectivity index (χ3v) is 3.30. The second-order valence-electron chi connectivity index (χ2n) is 4.25. The molecule has 2 rings (SSSR count). The fourth-order valence-corrected chi connectivity index (χ4v) is 2.15. The molecule has 0 radical (unpaired) electrons. The average Bonchev–Trinajstić information content (AvgIpc) is 3.10. The summed E-state index contributed by atoms with van der Waals surface area (Å²) < 4.78 is 11.0. The van der Waals surface area contributed by atoms with Crippen LogP contribution in [0, 0.1) is 0 Å². The van der Waals surface area contributed by atoms with E-state index in [1.54, 1.807) is 7.11 Å². The van der Waals surface area contributed by atoms with Crippen molar-refractivity contribution in [1.29, 1.82) is 0 Å². The summed E-state index contributed by atoms with van der Waals surface area (Å²) in [6.45, 7) is 3.30. The van der Waals surface area contributed by atoms with Gasteiger partial charge in [-0.25, -0.2) is 0 Å². The normalized spacial score (nSPS) is 16.9. The zero-order valence-electron chi connectivity index (χ0n) is 9.95. The van der Waals surface area contributed by atoms with Gasteiger partial charge in [0, 0.05) is 17.5 Å². The summed E-state index contributed by atoms with van der Waals surface area (Å²) in [5, 5.41) is 0. The van der Waals surface area contributed by atoms with E-state index in [0.29, 0.717) is 13.2 Å². The molecule has 2 N–H and O–H groups in total. The second-order valence-corrected chi connectivity index (χ2v) is 4.25. The van der Waals surface area contributed by atoms with Crippen LogP contribution >= 0.6 is 0 Å². The highest BCUT2D eigenvalue weighted by Crippen LogP contribution is 2.52. The lowest BCUT2D eigenvalue weighted by Gasteiger charge is -2.19. The smallest absolute Gasteiger partial charge is 0.164 e. The lowest BCUT2D eigenvalue weighted by Crippen LogP contribution is -2.20. The topological polar surface area (TPSA) is 44.5 Å². The molecule has 1 aliphatic carbocycles. The number of benzene rings is 1. The van der Waals surface area contributed by atoms with E-state index in [9.17, 15) is 0 Å². The van der Waals surface area contributed by atoms with E-state index in [0.717, 1.165) is 24.3 Å². The first kappa shape index (κ1) is 11.3. The average molecular weight is 221 g/mol. The number of ether oxygens (including phenoxy) is 2. The highest BCUT2D eigenvalue weighted by atomic mass is 16.5. The molecule has 3 heteroatoms. The van der Waals surface area contributed by atoms with Crippen molar-refractivity contribution in [3.8, 4) is 11.5 Å². The Kier molecular flexibility index (Phi) is 3.06. The summed E-state index contributed by atoms with van der Waals surface area (Å²) in [6, 6.07) is 6.05. The summed E-state index contributed by atoms with van der Waals surface area (Å²) in [5.74, 6) is 1.68. The maximum Gasteiger partial charge on any atom is 0.164 e. The van der Waals surface area contributed by atoms with Gasteiger partial charge in [0.2, 0.25) is 0 Å². The van der Waals surface area contributed by atoms with Gasteiger partial charge in [0.05, 0.1) is 13.7 Å². The molecule has 1 aromatic rings. The van der Waals surface area contributed by atoms with Crippen LogP contribution < -0.4 is 15.2 Å². The van der Waals surface area contributed by atoms with E-state index in [-0.39, 0.29) is 5.41 Å². The molecule has 1 saturated carbocycles. The van der Waals surface area contributed by atoms with Crippen molar-refractivity contribution < 1.29 is 9.47 Å². The molecule has 1 fully saturated rings. The van der Waals surface area contributed by atoms with Crippen LogP contribution in [0.2, 0.25) is 0 Å². The third kappa shape index (κ3) is 1.76. The monoisotopic (exact) mass is 221 g/mol. The molecule has 0 saturated heterocycles. The molecular weight excluding hydrogens is 202 g/mol. The fraction of sp³-hybridized carbons (Fsp3) is 0.538. The minimum absolute atomic E-state index is 0.137. The van der Waals surface area contributed by atoms with E-state index in [2.05, 4.69) is 6.07 Å². The van der Waals surface area contributed by atoms with Gasteiger partial charge in [0.25, 0.3) is 0 Å². The molecule has 88 valence electrons. The molecule has 0 spiro atoms. The number of rotatable bonds is 5. The predicted octanol–water partition coefficient (Wildman–Crippen LogP) is 2.08. The summed E-state index contributed by atoms with van der Waals surface area (Å²) in [7, 11) is 1.69. The Morgan fingerprint density at radius 1 is 1.38 bits per heavy atom. The van der Waals surface area contributed by atoms with Gasteiger partial charge in [-0.1, -0.05) is 12.1 Å². The van der Waals surface area contributed by atoms with Crippen molar-refractivity contribution in [2.75, 3.05) is 20.3 Å². The lowest BCUT2D eigenvalue weighted by atomic mass is 9.95. The van der Waals surface area contributed by atoms with Crippen LogP contribution in [-0.2, 0) is 5.41 Å². The Morgan fingerprint density at radius 3 is 2.62 bits per heavy atom. The lowest BCUT2D eigenvalue weighted by molar-refractivity contribution is 0.307. The van der Waals surface area contributed by atoms with Gasteiger partial charge in [0.1, 0.15) is 0 Å². The standard InChI is InChI=1S/C13H19NO2/c1-3-16-11-6-4-5-10(12(11)15-2)13(9-14)7-8-13/h4-6H,3,7-9,14H2,1-2H3. The Labute approximate surface area is 96.5 Å². The predicted molar refractivity (Wildman–Crippen MR) is 64.1 cm³/mol. The Bertz CT molecular complexity index is 372. The zero-order chi connectivity index (χ0) is 11.6. The van der Waals surface area contributed by atoms with E-state index < -0.39 is 0 Å². The largest absolute Gasteiger partial charge is 0.493 e. The quantitative estimate of drug-likeness (QED) is 0.828. The molecule has 3 nitrogen and oxygen atoms in total. The molecule has 0 amide bonds. The molecule has 16 heavy (non-hydrogen) atoms. The minimum atomic E-state index is 0.137. The van der Waals surface area contributed by atoms with Crippen molar-refractivity contribution in [2.45, 2.75) is 25.2 Å². The van der Waals surface area contributed by atoms with Gasteiger partial charge in [-0.05, 0) is 25.8 Å². The van der Waals surface area contributed by atoms with Gasteiger partial charge in [-0.3, -0.25) is 0 Å². The Balaban J connectivity index is 2.41. The van der Waals surface area contributed by atoms with Crippen LogP contribution in [0.4, 0.5) is 0 Å². The van der Waals surface area contributed by atoms with Gasteiger partial charge in [0.15, 0.2) is 11.5 Å². The number of para-hydroxylation sites is 1. The summed E-state index contributed by atoms with van der Waals surface area (Å²) in [5.41, 5.74) is 7.19. The highest BCUT2D eigenvalue weighted by molar-refractivity contribution is 5.52. The van der Waals surface area contributed by atoms with Crippen LogP contribution in [-0.4, -0.2) is 20.3 Å². The van der Waals surface area contributed by atoms with E-state index in [4.69, 9.17) is 15.2 Å². The van der Waals surface area contributed by atoms with Gasteiger partial charge in [-0.15, -0.1) is 0 Å². The van der Waals surface area contributed by atoms with Crippen molar-refractivity contribution in [2.24, 2.45) is 5.73 Å². The first-order valence-electron chi connectivity index (χ1n) is 5.78. The third-order valence-electron chi connectivity index (χ3n) is 3.30. The molecule has 0 heterocycles. The van der Waals surface area contributed by atoms with Gasteiger partial charge in [-0.2, -0.15) is 0 Å². The van der Waals surface area contributed by atoms with Crippen molar-refractivity contribution in [3.63, 3.8) is 0 Å². The van der Waals surface area contributed by atoms with Crippen LogP contribution in [0.1, 0.15) is 25.3 Å². The Hall–Kier alpha value is -1.22. The number of hydrogen-bond donors (Lipinski definition) is 1. The minimum Gasteiger partial charge on any atom is -0.493 e. The number of nitrogens with two attached hydrogens (primary N) is 1. The first-order valence-corrected chi connectivity index (χ1v) is 5.78. The fourth-order valence-electron chi connectivity index (χ4n) is 2.15. The zero-order valence-corrected chi connectivity index (χ0v) is 9.95. The molecule has 0 aliphatic heterocycles. The van der Waals surface area contributed by atoms with E-state index in [1.807, 2.05) is 19.1 Å². The molecular formula is C13H19NO2. The number of hydrogen-bond acceptors (Lipinski definition) is 3. The maximum absolute atomic E-state index is 5.85. The summed E-state index contributed by atoms with van der Waals surface area (Å²) in [6.07, 6.45) is 2.30. The highest BCUT2D eigenvalue weighted by Gasteiger charge is 2.45. The second kappa shape index (κ2) is 4.34. The van der Waals surface area contributed by atoms with Gasteiger partial charge < -0.3 is 15.2 Å². The molecule has 1 aliphatic rings.